The van der Waals surface area contributed by atoms with Crippen LogP contribution in [0.3, 0.4) is 0 Å². The van der Waals surface area contributed by atoms with E-state index < -0.39 is 0 Å². The lowest BCUT2D eigenvalue weighted by atomic mass is 9.93. The molecule has 1 fully saturated rings. The van der Waals surface area contributed by atoms with Crippen molar-refractivity contribution in [3.8, 4) is 0 Å². The van der Waals surface area contributed by atoms with Gasteiger partial charge in [0, 0.05) is 18.3 Å². The van der Waals surface area contributed by atoms with E-state index in [0.29, 0.717) is 6.04 Å². The number of hydrogen-bond acceptors (Lipinski definition) is 2. The van der Waals surface area contributed by atoms with Crippen LogP contribution < -0.4 is 5.32 Å². The molecular weight excluding hydrogens is 198 g/mol. The molecule has 90 valence electrons. The van der Waals surface area contributed by atoms with Gasteiger partial charge in [-0.3, -0.25) is 4.68 Å². The quantitative estimate of drug-likeness (QED) is 0.828. The monoisotopic (exact) mass is 221 g/mol. The van der Waals surface area contributed by atoms with Crippen LogP contribution in [0.2, 0.25) is 0 Å². The molecule has 0 aliphatic heterocycles. The van der Waals surface area contributed by atoms with Crippen molar-refractivity contribution >= 4 is 0 Å². The zero-order valence-electron chi connectivity index (χ0n) is 10.7. The Bertz CT molecular complexity index is 337. The summed E-state index contributed by atoms with van der Waals surface area (Å²) in [6, 6.07) is 2.80. The molecule has 1 aromatic heterocycles. The van der Waals surface area contributed by atoms with Crippen molar-refractivity contribution in [2.75, 3.05) is 0 Å². The van der Waals surface area contributed by atoms with Gasteiger partial charge in [-0.25, -0.2) is 0 Å². The number of aromatic nitrogens is 2. The lowest BCUT2D eigenvalue weighted by molar-refractivity contribution is 0.275. The number of rotatable bonds is 5. The van der Waals surface area contributed by atoms with Crippen LogP contribution in [0.4, 0.5) is 0 Å². The van der Waals surface area contributed by atoms with Crippen LogP contribution in [0.15, 0.2) is 12.3 Å². The third-order valence-electron chi connectivity index (χ3n) is 3.80. The first kappa shape index (κ1) is 11.6. The topological polar surface area (TPSA) is 29.9 Å². The molecule has 0 bridgehead atoms. The molecule has 1 saturated carbocycles. The van der Waals surface area contributed by atoms with Crippen molar-refractivity contribution in [3.05, 3.63) is 18.0 Å². The Labute approximate surface area is 98.2 Å². The Morgan fingerprint density at radius 1 is 1.50 bits per heavy atom. The molecule has 0 radical (unpaired) electrons. The zero-order chi connectivity index (χ0) is 11.6. The van der Waals surface area contributed by atoms with Crippen LogP contribution in [-0.4, -0.2) is 15.3 Å². The summed E-state index contributed by atoms with van der Waals surface area (Å²) >= 11 is 0. The molecule has 2 rings (SSSR count). The molecule has 1 aliphatic rings. The number of nitrogens with one attached hydrogen (secondary N) is 1. The highest BCUT2D eigenvalue weighted by atomic mass is 15.3. The van der Waals surface area contributed by atoms with E-state index >= 15 is 0 Å². The summed E-state index contributed by atoms with van der Waals surface area (Å²) in [5.74, 6) is 0. The second-order valence-electron chi connectivity index (χ2n) is 5.44. The van der Waals surface area contributed by atoms with Crippen molar-refractivity contribution in [3.63, 3.8) is 0 Å². The van der Waals surface area contributed by atoms with Gasteiger partial charge in [-0.05, 0) is 45.6 Å². The Kier molecular flexibility index (Phi) is 3.33. The highest BCUT2D eigenvalue weighted by Crippen LogP contribution is 2.31. The Hall–Kier alpha value is -0.830. The van der Waals surface area contributed by atoms with Gasteiger partial charge in [-0.2, -0.15) is 5.10 Å². The van der Waals surface area contributed by atoms with Gasteiger partial charge >= 0.3 is 0 Å². The molecule has 0 aromatic carbocycles. The maximum Gasteiger partial charge on any atom is 0.0525 e. The molecule has 1 N–H and O–H groups in total. The predicted molar refractivity (Wildman–Crippen MR) is 66.3 cm³/mol. The fourth-order valence-corrected chi connectivity index (χ4v) is 1.90. The van der Waals surface area contributed by atoms with E-state index in [2.05, 4.69) is 41.9 Å². The van der Waals surface area contributed by atoms with Crippen LogP contribution in [0.1, 0.15) is 58.2 Å². The van der Waals surface area contributed by atoms with Crippen molar-refractivity contribution in [2.24, 2.45) is 0 Å². The summed E-state index contributed by atoms with van der Waals surface area (Å²) in [6.07, 6.45) is 7.02. The number of hydrogen-bond donors (Lipinski definition) is 1. The molecule has 1 aliphatic carbocycles. The maximum atomic E-state index is 4.44. The minimum Gasteiger partial charge on any atom is -0.306 e. The molecule has 0 unspecified atom stereocenters. The van der Waals surface area contributed by atoms with E-state index in [-0.39, 0.29) is 5.54 Å². The van der Waals surface area contributed by atoms with Gasteiger partial charge in [0.1, 0.15) is 0 Å². The highest BCUT2D eigenvalue weighted by molar-refractivity contribution is 5.03. The fourth-order valence-electron chi connectivity index (χ4n) is 1.90. The molecule has 0 amide bonds. The summed E-state index contributed by atoms with van der Waals surface area (Å²) in [5, 5.41) is 8.04. The molecule has 1 aromatic rings. The first-order valence-electron chi connectivity index (χ1n) is 6.40. The van der Waals surface area contributed by atoms with E-state index in [0.717, 1.165) is 13.0 Å². The van der Waals surface area contributed by atoms with Gasteiger partial charge in [-0.15, -0.1) is 0 Å². The Morgan fingerprint density at radius 3 is 2.81 bits per heavy atom. The van der Waals surface area contributed by atoms with Crippen molar-refractivity contribution < 1.29 is 0 Å². The minimum absolute atomic E-state index is 0.217. The largest absolute Gasteiger partial charge is 0.306 e. The molecule has 16 heavy (non-hydrogen) atoms. The molecule has 3 heteroatoms. The second kappa shape index (κ2) is 4.58. The molecule has 0 atom stereocenters. The third kappa shape index (κ3) is 2.46. The Balaban J connectivity index is 1.96. The predicted octanol–water partition coefficient (Wildman–Crippen LogP) is 2.89. The normalized spacial score (nSPS) is 17.4. The van der Waals surface area contributed by atoms with Gasteiger partial charge in [0.05, 0.1) is 11.7 Å². The molecule has 0 spiro atoms. The standard InChI is InChI=1S/C13H23N3/c1-4-13(2,3)14-10-12-8-9-15-16(12)11-6-5-7-11/h8-9,11,14H,4-7,10H2,1-3H3. The van der Waals surface area contributed by atoms with Gasteiger partial charge < -0.3 is 5.32 Å². The van der Waals surface area contributed by atoms with E-state index in [9.17, 15) is 0 Å². The summed E-state index contributed by atoms with van der Waals surface area (Å²) < 4.78 is 2.21. The molecule has 3 nitrogen and oxygen atoms in total. The van der Waals surface area contributed by atoms with Crippen LogP contribution in [0.5, 0.6) is 0 Å². The average Bonchev–Trinajstić information content (AvgIpc) is 2.61. The molecule has 0 saturated heterocycles. The average molecular weight is 221 g/mol. The van der Waals surface area contributed by atoms with Crippen molar-refractivity contribution in [1.82, 2.24) is 15.1 Å². The van der Waals surface area contributed by atoms with E-state index in [1.54, 1.807) is 0 Å². The maximum absolute atomic E-state index is 4.44. The summed E-state index contributed by atoms with van der Waals surface area (Å²) in [6.45, 7) is 7.64. The summed E-state index contributed by atoms with van der Waals surface area (Å²) in [5.41, 5.74) is 1.54. The van der Waals surface area contributed by atoms with Crippen molar-refractivity contribution in [1.29, 1.82) is 0 Å². The van der Waals surface area contributed by atoms with Gasteiger partial charge in [0.2, 0.25) is 0 Å². The van der Waals surface area contributed by atoms with Crippen LogP contribution in [0.25, 0.3) is 0 Å². The highest BCUT2D eigenvalue weighted by Gasteiger charge is 2.22. The number of nitrogens with zero attached hydrogens (tertiary/aromatic N) is 2. The lowest BCUT2D eigenvalue weighted by Gasteiger charge is -2.29. The summed E-state index contributed by atoms with van der Waals surface area (Å²) in [7, 11) is 0. The Morgan fingerprint density at radius 2 is 2.25 bits per heavy atom. The van der Waals surface area contributed by atoms with E-state index in [1.807, 2.05) is 6.20 Å². The van der Waals surface area contributed by atoms with E-state index in [1.165, 1.54) is 25.0 Å². The van der Waals surface area contributed by atoms with Gasteiger partial charge in [0.15, 0.2) is 0 Å². The molecular formula is C13H23N3. The first-order valence-corrected chi connectivity index (χ1v) is 6.40. The van der Waals surface area contributed by atoms with Crippen molar-refractivity contribution in [2.45, 2.75) is 64.6 Å². The van der Waals surface area contributed by atoms with Crippen LogP contribution >= 0.6 is 0 Å². The first-order chi connectivity index (χ1) is 7.62. The SMILES string of the molecule is CCC(C)(C)NCc1ccnn1C1CCC1. The van der Waals surface area contributed by atoms with Crippen LogP contribution in [0, 0.1) is 0 Å². The van der Waals surface area contributed by atoms with Crippen LogP contribution in [-0.2, 0) is 6.54 Å². The summed E-state index contributed by atoms with van der Waals surface area (Å²) in [4.78, 5) is 0. The second-order valence-corrected chi connectivity index (χ2v) is 5.44. The smallest absolute Gasteiger partial charge is 0.0525 e. The lowest BCUT2D eigenvalue weighted by Crippen LogP contribution is -2.38. The van der Waals surface area contributed by atoms with Gasteiger partial charge in [0.25, 0.3) is 0 Å². The fraction of sp³-hybridized carbons (Fsp3) is 0.769. The van der Waals surface area contributed by atoms with Gasteiger partial charge in [-0.1, -0.05) is 6.92 Å². The molecule has 1 heterocycles. The van der Waals surface area contributed by atoms with E-state index in [4.69, 9.17) is 0 Å². The zero-order valence-corrected chi connectivity index (χ0v) is 10.7. The minimum atomic E-state index is 0.217. The third-order valence-corrected chi connectivity index (χ3v) is 3.80.